The standard InChI is InChI=1S/C13H16N2O2.C4H10O.C4H10.C2H6O2/c1-2-3-9-11-12(16)14-15(13(11)17)10-7-5-4-6-8-10;1-3-5-4-2;1-3-4-2;3-1-2-4/h4-8,11H,2-3,9H2,1H3,(H,14,16);3-4H2,1-2H3;3-4H2,1-2H3;3-4H,1-2H2. The van der Waals surface area contributed by atoms with Crippen LogP contribution in [0.25, 0.3) is 0 Å². The molecule has 1 saturated heterocycles. The van der Waals surface area contributed by atoms with Crippen LogP contribution in [0.15, 0.2) is 30.3 Å². The van der Waals surface area contributed by atoms with Crippen molar-refractivity contribution in [3.8, 4) is 0 Å². The van der Waals surface area contributed by atoms with E-state index in [4.69, 9.17) is 14.9 Å². The zero-order valence-electron chi connectivity index (χ0n) is 19.4. The quantitative estimate of drug-likeness (QED) is 0.551. The second-order valence-electron chi connectivity index (χ2n) is 6.41. The monoisotopic (exact) mass is 426 g/mol. The van der Waals surface area contributed by atoms with Crippen LogP contribution in [0.4, 0.5) is 5.69 Å². The fourth-order valence-electron chi connectivity index (χ4n) is 2.15. The molecule has 174 valence electrons. The SMILES string of the molecule is CCCC.CCCCC1C(=O)NN(c2ccccc2)C1=O.CCOCC.OCCO. The van der Waals surface area contributed by atoms with E-state index in [0.29, 0.717) is 12.1 Å². The molecule has 1 aromatic rings. The van der Waals surface area contributed by atoms with Gasteiger partial charge in [0, 0.05) is 13.2 Å². The predicted molar refractivity (Wildman–Crippen MR) is 122 cm³/mol. The largest absolute Gasteiger partial charge is 0.394 e. The molecular weight excluding hydrogens is 384 g/mol. The van der Waals surface area contributed by atoms with Gasteiger partial charge in [0.2, 0.25) is 0 Å². The topological polar surface area (TPSA) is 99.1 Å². The Labute approximate surface area is 182 Å². The van der Waals surface area contributed by atoms with Gasteiger partial charge < -0.3 is 14.9 Å². The molecule has 3 N–H and O–H groups in total. The summed E-state index contributed by atoms with van der Waals surface area (Å²) in [5.41, 5.74) is 3.34. The van der Waals surface area contributed by atoms with Gasteiger partial charge in [-0.2, -0.15) is 0 Å². The lowest BCUT2D eigenvalue weighted by molar-refractivity contribution is -0.127. The number of carbonyl (C=O) groups is 2. The molecule has 0 saturated carbocycles. The lowest BCUT2D eigenvalue weighted by Crippen LogP contribution is -2.35. The van der Waals surface area contributed by atoms with Gasteiger partial charge in [-0.1, -0.05) is 64.7 Å². The first-order valence-corrected chi connectivity index (χ1v) is 11.0. The van der Waals surface area contributed by atoms with Crippen LogP contribution >= 0.6 is 0 Å². The fraction of sp³-hybridized carbons (Fsp3) is 0.652. The summed E-state index contributed by atoms with van der Waals surface area (Å²) in [6.45, 7) is 11.8. The summed E-state index contributed by atoms with van der Waals surface area (Å²) >= 11 is 0. The summed E-state index contributed by atoms with van der Waals surface area (Å²) in [6.07, 6.45) is 5.15. The van der Waals surface area contributed by atoms with Crippen molar-refractivity contribution in [2.24, 2.45) is 5.92 Å². The van der Waals surface area contributed by atoms with Crippen LogP contribution in [0.3, 0.4) is 0 Å². The molecule has 1 unspecified atom stereocenters. The zero-order valence-corrected chi connectivity index (χ0v) is 19.4. The highest BCUT2D eigenvalue weighted by Crippen LogP contribution is 2.22. The van der Waals surface area contributed by atoms with Crippen molar-refractivity contribution in [3.05, 3.63) is 30.3 Å². The van der Waals surface area contributed by atoms with Crippen molar-refractivity contribution in [2.75, 3.05) is 31.4 Å². The molecule has 1 fully saturated rings. The zero-order chi connectivity index (χ0) is 23.2. The van der Waals surface area contributed by atoms with Gasteiger partial charge >= 0.3 is 0 Å². The maximum Gasteiger partial charge on any atom is 0.258 e. The van der Waals surface area contributed by atoms with E-state index < -0.39 is 5.92 Å². The van der Waals surface area contributed by atoms with Gasteiger partial charge in [-0.3, -0.25) is 15.0 Å². The van der Waals surface area contributed by atoms with Crippen LogP contribution in [0.1, 0.15) is 66.7 Å². The molecule has 7 heteroatoms. The molecule has 2 amide bonds. The number of aliphatic hydroxyl groups excluding tert-OH is 2. The minimum Gasteiger partial charge on any atom is -0.394 e. The van der Waals surface area contributed by atoms with Crippen LogP contribution in [-0.4, -0.2) is 48.5 Å². The minimum atomic E-state index is -0.518. The van der Waals surface area contributed by atoms with E-state index in [1.165, 1.54) is 17.9 Å². The molecule has 7 nitrogen and oxygen atoms in total. The highest BCUT2D eigenvalue weighted by atomic mass is 16.5. The summed E-state index contributed by atoms with van der Waals surface area (Å²) in [7, 11) is 0. The van der Waals surface area contributed by atoms with E-state index in [2.05, 4.69) is 19.3 Å². The Balaban J connectivity index is 0. The number of hydrogen-bond acceptors (Lipinski definition) is 5. The van der Waals surface area contributed by atoms with Crippen LogP contribution in [-0.2, 0) is 14.3 Å². The van der Waals surface area contributed by atoms with Gasteiger partial charge in [0.25, 0.3) is 11.8 Å². The summed E-state index contributed by atoms with van der Waals surface area (Å²) in [5, 5.41) is 16.6. The molecule has 1 aliphatic heterocycles. The molecule has 1 heterocycles. The number of rotatable bonds is 8. The number of ether oxygens (including phenoxy) is 1. The highest BCUT2D eigenvalue weighted by Gasteiger charge is 2.39. The predicted octanol–water partition coefficient (Wildman–Crippen LogP) is 3.69. The number of hydrogen-bond donors (Lipinski definition) is 3. The number of para-hydroxylation sites is 1. The molecule has 0 spiro atoms. The molecule has 0 radical (unpaired) electrons. The Bertz CT molecular complexity index is 516. The normalized spacial score (nSPS) is 14.5. The maximum atomic E-state index is 12.1. The summed E-state index contributed by atoms with van der Waals surface area (Å²) in [5.74, 6) is -0.850. The van der Waals surface area contributed by atoms with Gasteiger partial charge in [0.1, 0.15) is 5.92 Å². The van der Waals surface area contributed by atoms with Crippen LogP contribution in [0, 0.1) is 5.92 Å². The van der Waals surface area contributed by atoms with E-state index in [1.54, 1.807) is 12.1 Å². The lowest BCUT2D eigenvalue weighted by atomic mass is 10.0. The fourth-order valence-corrected chi connectivity index (χ4v) is 2.15. The van der Waals surface area contributed by atoms with Crippen molar-refractivity contribution < 1.29 is 24.5 Å². The van der Waals surface area contributed by atoms with Crippen molar-refractivity contribution >= 4 is 17.5 Å². The molecule has 2 rings (SSSR count). The van der Waals surface area contributed by atoms with Gasteiger partial charge in [-0.15, -0.1) is 0 Å². The van der Waals surface area contributed by atoms with Crippen molar-refractivity contribution in [1.82, 2.24) is 5.43 Å². The van der Waals surface area contributed by atoms with Gasteiger partial charge in [-0.25, -0.2) is 5.01 Å². The number of amides is 2. The number of benzene rings is 1. The van der Waals surface area contributed by atoms with E-state index in [9.17, 15) is 9.59 Å². The van der Waals surface area contributed by atoms with Crippen LogP contribution < -0.4 is 10.4 Å². The Hall–Kier alpha value is -1.96. The van der Waals surface area contributed by atoms with Crippen molar-refractivity contribution in [3.63, 3.8) is 0 Å². The third kappa shape index (κ3) is 14.1. The minimum absolute atomic E-state index is 0.125. The lowest BCUT2D eigenvalue weighted by Gasteiger charge is -2.14. The Morgan fingerprint density at radius 3 is 1.80 bits per heavy atom. The third-order valence-corrected chi connectivity index (χ3v) is 3.93. The van der Waals surface area contributed by atoms with Crippen LogP contribution in [0.2, 0.25) is 0 Å². The number of nitrogens with zero attached hydrogens (tertiary/aromatic N) is 1. The average Bonchev–Trinajstić information content (AvgIpc) is 3.07. The molecule has 0 aromatic heterocycles. The van der Waals surface area contributed by atoms with Crippen molar-refractivity contribution in [1.29, 1.82) is 0 Å². The Morgan fingerprint density at radius 2 is 1.43 bits per heavy atom. The number of nitrogens with one attached hydrogen (secondary N) is 1. The first kappa shape index (κ1) is 30.2. The summed E-state index contributed by atoms with van der Waals surface area (Å²) < 4.78 is 4.83. The second-order valence-corrected chi connectivity index (χ2v) is 6.41. The number of unbranched alkanes of at least 4 members (excludes halogenated alkanes) is 2. The molecular formula is C23H42N2O5. The van der Waals surface area contributed by atoms with Gasteiger partial charge in [0.15, 0.2) is 0 Å². The summed E-state index contributed by atoms with van der Waals surface area (Å²) in [6, 6.07) is 9.17. The molecule has 0 bridgehead atoms. The van der Waals surface area contributed by atoms with Gasteiger partial charge in [-0.05, 0) is 32.4 Å². The first-order valence-electron chi connectivity index (χ1n) is 11.0. The second kappa shape index (κ2) is 21.7. The Kier molecular flexibility index (Phi) is 21.9. The number of aliphatic hydroxyl groups is 2. The molecule has 30 heavy (non-hydrogen) atoms. The summed E-state index contributed by atoms with van der Waals surface area (Å²) in [4.78, 5) is 23.8. The van der Waals surface area contributed by atoms with E-state index in [0.717, 1.165) is 26.1 Å². The molecule has 1 aliphatic rings. The van der Waals surface area contributed by atoms with Crippen LogP contribution in [0.5, 0.6) is 0 Å². The average molecular weight is 427 g/mol. The van der Waals surface area contributed by atoms with E-state index in [-0.39, 0.29) is 25.0 Å². The smallest absolute Gasteiger partial charge is 0.258 e. The third-order valence-electron chi connectivity index (χ3n) is 3.93. The molecule has 1 aromatic carbocycles. The number of carbonyl (C=O) groups excluding carboxylic acids is 2. The number of anilines is 1. The van der Waals surface area contributed by atoms with Gasteiger partial charge in [0.05, 0.1) is 18.9 Å². The van der Waals surface area contributed by atoms with Crippen molar-refractivity contribution in [2.45, 2.75) is 66.7 Å². The maximum absolute atomic E-state index is 12.1. The number of hydrazine groups is 1. The Morgan fingerprint density at radius 1 is 0.900 bits per heavy atom. The highest BCUT2D eigenvalue weighted by molar-refractivity contribution is 6.14. The van der Waals surface area contributed by atoms with E-state index >= 15 is 0 Å². The molecule has 1 atom stereocenters. The van der Waals surface area contributed by atoms with E-state index in [1.807, 2.05) is 39.0 Å². The molecule has 0 aliphatic carbocycles. The first-order chi connectivity index (χ1) is 14.5.